The van der Waals surface area contributed by atoms with Gasteiger partial charge in [0.25, 0.3) is 5.91 Å². The number of benzene rings is 1. The van der Waals surface area contributed by atoms with Crippen molar-refractivity contribution >= 4 is 44.5 Å². The van der Waals surface area contributed by atoms with Crippen LogP contribution in [0.1, 0.15) is 20.2 Å². The van der Waals surface area contributed by atoms with Crippen LogP contribution in [0.4, 0.5) is 0 Å². The van der Waals surface area contributed by atoms with Crippen molar-refractivity contribution in [1.82, 2.24) is 10.3 Å². The highest BCUT2D eigenvalue weighted by Gasteiger charge is 2.07. The molecular weight excluding hydrogens is 392 g/mol. The normalized spacial score (nSPS) is 10.7. The van der Waals surface area contributed by atoms with Crippen LogP contribution in [0.25, 0.3) is 11.3 Å². The molecule has 1 amide bonds. The lowest BCUT2D eigenvalue weighted by molar-refractivity contribution is 0.0958. The summed E-state index contributed by atoms with van der Waals surface area (Å²) in [5.41, 5.74) is 3.36. The van der Waals surface area contributed by atoms with E-state index in [2.05, 4.69) is 55.9 Å². The zero-order chi connectivity index (χ0) is 16.2. The van der Waals surface area contributed by atoms with Crippen molar-refractivity contribution in [2.24, 2.45) is 0 Å². The second kappa shape index (κ2) is 7.38. The van der Waals surface area contributed by atoms with E-state index >= 15 is 0 Å². The molecule has 0 unspecified atom stereocenters. The summed E-state index contributed by atoms with van der Waals surface area (Å²) in [5.74, 6) is -0.0183. The lowest BCUT2D eigenvalue weighted by Gasteiger charge is -2.05. The molecule has 118 valence electrons. The van der Waals surface area contributed by atoms with Crippen molar-refractivity contribution in [2.75, 3.05) is 6.54 Å². The monoisotopic (exact) mass is 406 g/mol. The number of rotatable bonds is 5. The van der Waals surface area contributed by atoms with Crippen LogP contribution in [0, 0.1) is 6.92 Å². The predicted octanol–water partition coefficient (Wildman–Crippen LogP) is 4.92. The summed E-state index contributed by atoms with van der Waals surface area (Å²) in [4.78, 5) is 17.2. The zero-order valence-electron chi connectivity index (χ0n) is 12.5. The molecule has 0 saturated heterocycles. The van der Waals surface area contributed by atoms with Crippen molar-refractivity contribution in [3.63, 3.8) is 0 Å². The number of nitrogens with one attached hydrogen (secondary N) is 1. The van der Waals surface area contributed by atoms with E-state index in [0.29, 0.717) is 6.54 Å². The summed E-state index contributed by atoms with van der Waals surface area (Å²) < 4.78 is 0.968. The Bertz CT molecular complexity index is 808. The van der Waals surface area contributed by atoms with Gasteiger partial charge in [-0.1, -0.05) is 24.3 Å². The number of carbonyl (C=O) groups excluding carboxylic acids is 1. The third-order valence-corrected chi connectivity index (χ3v) is 5.76. The van der Waals surface area contributed by atoms with Gasteiger partial charge in [-0.05, 0) is 47.0 Å². The molecule has 0 bridgehead atoms. The van der Waals surface area contributed by atoms with Crippen LogP contribution in [-0.2, 0) is 6.42 Å². The van der Waals surface area contributed by atoms with Crippen molar-refractivity contribution in [2.45, 2.75) is 13.3 Å². The van der Waals surface area contributed by atoms with Gasteiger partial charge in [0.2, 0.25) is 0 Å². The topological polar surface area (TPSA) is 42.0 Å². The average Bonchev–Trinajstić information content (AvgIpc) is 3.16. The van der Waals surface area contributed by atoms with Crippen LogP contribution in [0.5, 0.6) is 0 Å². The number of thiazole rings is 1. The van der Waals surface area contributed by atoms with Crippen LogP contribution in [0.2, 0.25) is 0 Å². The van der Waals surface area contributed by atoms with Crippen molar-refractivity contribution in [3.05, 3.63) is 61.0 Å². The first-order valence-corrected chi connectivity index (χ1v) is 9.66. The molecule has 3 nitrogen and oxygen atoms in total. The molecule has 2 aromatic heterocycles. The van der Waals surface area contributed by atoms with Crippen LogP contribution in [0.15, 0.2) is 45.6 Å². The number of amides is 1. The molecule has 0 aliphatic carbocycles. The molecule has 0 atom stereocenters. The third kappa shape index (κ3) is 4.28. The van der Waals surface area contributed by atoms with Crippen LogP contribution in [0.3, 0.4) is 0 Å². The van der Waals surface area contributed by atoms with Crippen molar-refractivity contribution < 1.29 is 4.79 Å². The molecule has 6 heteroatoms. The number of hydrogen-bond acceptors (Lipinski definition) is 4. The summed E-state index contributed by atoms with van der Waals surface area (Å²) in [6, 6.07) is 12.1. The molecular formula is C17H15BrN2OS2. The minimum Gasteiger partial charge on any atom is -0.351 e. The van der Waals surface area contributed by atoms with Gasteiger partial charge in [0.05, 0.1) is 19.4 Å². The molecule has 3 rings (SSSR count). The second-order valence-electron chi connectivity index (χ2n) is 5.06. The molecule has 0 aliphatic rings. The number of nitrogens with zero attached hydrogens (tertiary/aromatic N) is 1. The molecule has 2 heterocycles. The maximum absolute atomic E-state index is 12.0. The fourth-order valence-electron chi connectivity index (χ4n) is 2.18. The van der Waals surface area contributed by atoms with E-state index in [0.717, 1.165) is 31.3 Å². The van der Waals surface area contributed by atoms with E-state index in [1.54, 1.807) is 11.3 Å². The summed E-state index contributed by atoms with van der Waals surface area (Å²) in [7, 11) is 0. The Hall–Kier alpha value is -1.50. The Morgan fingerprint density at radius 3 is 2.61 bits per heavy atom. The van der Waals surface area contributed by atoms with Gasteiger partial charge in [0.1, 0.15) is 0 Å². The predicted molar refractivity (Wildman–Crippen MR) is 100 cm³/mol. The van der Waals surface area contributed by atoms with E-state index < -0.39 is 0 Å². The van der Waals surface area contributed by atoms with E-state index in [4.69, 9.17) is 0 Å². The zero-order valence-corrected chi connectivity index (χ0v) is 15.7. The third-order valence-electron chi connectivity index (χ3n) is 3.36. The van der Waals surface area contributed by atoms with Gasteiger partial charge in [-0.3, -0.25) is 4.79 Å². The number of aryl methyl sites for hydroxylation is 1. The standard InChI is InChI=1S/C17H15BrN2OS2/c1-11-20-14(10-22-11)13-4-2-12(3-5-13)8-9-19-17(21)15-6-7-16(18)23-15/h2-7,10H,8-9H2,1H3,(H,19,21). The molecule has 1 aromatic carbocycles. The number of carbonyl (C=O) groups is 1. The number of aromatic nitrogens is 1. The number of hydrogen-bond donors (Lipinski definition) is 1. The van der Waals surface area contributed by atoms with Gasteiger partial charge in [0.15, 0.2) is 0 Å². The molecule has 0 aliphatic heterocycles. The SMILES string of the molecule is Cc1nc(-c2ccc(CCNC(=O)c3ccc(Br)s3)cc2)cs1. The highest BCUT2D eigenvalue weighted by atomic mass is 79.9. The van der Waals surface area contributed by atoms with E-state index in [1.165, 1.54) is 16.9 Å². The van der Waals surface area contributed by atoms with E-state index in [9.17, 15) is 4.79 Å². The smallest absolute Gasteiger partial charge is 0.261 e. The van der Waals surface area contributed by atoms with Crippen molar-refractivity contribution in [1.29, 1.82) is 0 Å². The first-order valence-electron chi connectivity index (χ1n) is 7.17. The Balaban J connectivity index is 1.53. The minimum absolute atomic E-state index is 0.0183. The van der Waals surface area contributed by atoms with Gasteiger partial charge >= 0.3 is 0 Å². The van der Waals surface area contributed by atoms with Crippen LogP contribution in [-0.4, -0.2) is 17.4 Å². The summed E-state index contributed by atoms with van der Waals surface area (Å²) in [5, 5.41) is 6.10. The van der Waals surface area contributed by atoms with Gasteiger partial charge in [-0.2, -0.15) is 0 Å². The number of halogens is 1. The molecule has 0 saturated carbocycles. The Morgan fingerprint density at radius 1 is 1.22 bits per heavy atom. The van der Waals surface area contributed by atoms with Gasteiger partial charge in [-0.25, -0.2) is 4.98 Å². The van der Waals surface area contributed by atoms with Crippen molar-refractivity contribution in [3.8, 4) is 11.3 Å². The number of thiophene rings is 1. The van der Waals surface area contributed by atoms with E-state index in [-0.39, 0.29) is 5.91 Å². The van der Waals surface area contributed by atoms with Crippen LogP contribution < -0.4 is 5.32 Å². The lowest BCUT2D eigenvalue weighted by atomic mass is 10.1. The lowest BCUT2D eigenvalue weighted by Crippen LogP contribution is -2.24. The van der Waals surface area contributed by atoms with E-state index in [1.807, 2.05) is 19.1 Å². The Labute approximate surface area is 151 Å². The van der Waals surface area contributed by atoms with Gasteiger partial charge in [-0.15, -0.1) is 22.7 Å². The first kappa shape index (κ1) is 16.4. The Morgan fingerprint density at radius 2 is 2.00 bits per heavy atom. The molecule has 0 radical (unpaired) electrons. The fourth-order valence-corrected chi connectivity index (χ4v) is 4.11. The highest BCUT2D eigenvalue weighted by Crippen LogP contribution is 2.23. The first-order chi connectivity index (χ1) is 11.1. The molecule has 1 N–H and O–H groups in total. The second-order valence-corrected chi connectivity index (χ2v) is 8.58. The summed E-state index contributed by atoms with van der Waals surface area (Å²) in [6.45, 7) is 2.64. The summed E-state index contributed by atoms with van der Waals surface area (Å²) in [6.07, 6.45) is 0.814. The highest BCUT2D eigenvalue weighted by molar-refractivity contribution is 9.11. The average molecular weight is 407 g/mol. The maximum Gasteiger partial charge on any atom is 0.261 e. The Kier molecular flexibility index (Phi) is 5.25. The fraction of sp³-hybridized carbons (Fsp3) is 0.176. The molecule has 3 aromatic rings. The maximum atomic E-state index is 12.0. The molecule has 0 fully saturated rings. The van der Waals surface area contributed by atoms with Gasteiger partial charge < -0.3 is 5.32 Å². The quantitative estimate of drug-likeness (QED) is 0.653. The minimum atomic E-state index is -0.0183. The van der Waals surface area contributed by atoms with Crippen LogP contribution >= 0.6 is 38.6 Å². The summed E-state index contributed by atoms with van der Waals surface area (Å²) >= 11 is 6.47. The van der Waals surface area contributed by atoms with Gasteiger partial charge in [0, 0.05) is 17.5 Å². The molecule has 23 heavy (non-hydrogen) atoms. The molecule has 0 spiro atoms. The largest absolute Gasteiger partial charge is 0.351 e.